The maximum Gasteiger partial charge on any atom is 0.0980 e. The van der Waals surface area contributed by atoms with Gasteiger partial charge in [-0.15, -0.1) is 0 Å². The van der Waals surface area contributed by atoms with Crippen molar-refractivity contribution in [1.82, 2.24) is 4.90 Å². The number of rotatable bonds is 8. The van der Waals surface area contributed by atoms with Crippen LogP contribution in [0.5, 0.6) is 0 Å². The van der Waals surface area contributed by atoms with E-state index >= 15 is 0 Å². The maximum absolute atomic E-state index is 12.3. The second kappa shape index (κ2) is 10.0. The zero-order valence-electron chi connectivity index (χ0n) is 17.5. The molecule has 4 rings (SSSR count). The molecule has 1 N–H and O–H groups in total. The molecule has 0 aliphatic carbocycles. The van der Waals surface area contributed by atoms with Crippen LogP contribution in [0, 0.1) is 0 Å². The molecule has 0 bridgehead atoms. The smallest absolute Gasteiger partial charge is 0.0980 e. The average Bonchev–Trinajstić information content (AvgIpc) is 2.83. The molecule has 0 radical (unpaired) electrons. The van der Waals surface area contributed by atoms with Crippen LogP contribution in [-0.4, -0.2) is 42.9 Å². The summed E-state index contributed by atoms with van der Waals surface area (Å²) in [5.41, 5.74) is 2.47. The van der Waals surface area contributed by atoms with Gasteiger partial charge < -0.3 is 9.84 Å². The molecule has 1 saturated heterocycles. The number of benzene rings is 3. The van der Waals surface area contributed by atoms with Gasteiger partial charge in [-0.05, 0) is 29.5 Å². The van der Waals surface area contributed by atoms with Gasteiger partial charge in [0, 0.05) is 25.6 Å². The maximum atomic E-state index is 12.3. The third kappa shape index (κ3) is 4.99. The van der Waals surface area contributed by atoms with Crippen LogP contribution in [0.25, 0.3) is 0 Å². The molecule has 3 nitrogen and oxygen atoms in total. The molecule has 1 heterocycles. The van der Waals surface area contributed by atoms with Crippen molar-refractivity contribution in [3.05, 3.63) is 108 Å². The van der Waals surface area contributed by atoms with Gasteiger partial charge in [0.05, 0.1) is 18.8 Å². The second-order valence-corrected chi connectivity index (χ2v) is 8.15. The highest BCUT2D eigenvalue weighted by Crippen LogP contribution is 2.41. The van der Waals surface area contributed by atoms with Crippen molar-refractivity contribution in [3.63, 3.8) is 0 Å². The predicted molar refractivity (Wildman–Crippen MR) is 122 cm³/mol. The van der Waals surface area contributed by atoms with Crippen molar-refractivity contribution in [3.8, 4) is 0 Å². The molecule has 1 fully saturated rings. The summed E-state index contributed by atoms with van der Waals surface area (Å²) in [5.74, 6) is -0.0251. The Balaban J connectivity index is 1.70. The SMILES string of the molecule is OC(CCc1ccccc1)(c1ccccc1)C(CN1CCOCC1)c1ccccc1. The van der Waals surface area contributed by atoms with Gasteiger partial charge in [-0.1, -0.05) is 91.0 Å². The molecule has 3 heteroatoms. The number of morpholine rings is 1. The van der Waals surface area contributed by atoms with Crippen LogP contribution in [-0.2, 0) is 16.8 Å². The molecule has 0 aromatic heterocycles. The minimum Gasteiger partial charge on any atom is -0.384 e. The van der Waals surface area contributed by atoms with Crippen molar-refractivity contribution < 1.29 is 9.84 Å². The number of nitrogens with zero attached hydrogens (tertiary/aromatic N) is 1. The molecule has 156 valence electrons. The molecule has 0 amide bonds. The number of ether oxygens (including phenoxy) is 1. The highest BCUT2D eigenvalue weighted by atomic mass is 16.5. The topological polar surface area (TPSA) is 32.7 Å². The molecule has 1 aliphatic rings. The van der Waals surface area contributed by atoms with Gasteiger partial charge in [-0.3, -0.25) is 4.90 Å². The van der Waals surface area contributed by atoms with E-state index in [0.29, 0.717) is 6.42 Å². The van der Waals surface area contributed by atoms with E-state index in [2.05, 4.69) is 65.6 Å². The van der Waals surface area contributed by atoms with Crippen LogP contribution in [0.1, 0.15) is 29.0 Å². The van der Waals surface area contributed by atoms with Crippen LogP contribution in [0.3, 0.4) is 0 Å². The van der Waals surface area contributed by atoms with E-state index < -0.39 is 5.60 Å². The molecule has 0 saturated carbocycles. The number of aliphatic hydroxyl groups is 1. The molecular weight excluding hydrogens is 370 g/mol. The summed E-state index contributed by atoms with van der Waals surface area (Å²) in [6.45, 7) is 4.15. The molecule has 3 aromatic rings. The Morgan fingerprint density at radius 3 is 2.00 bits per heavy atom. The van der Waals surface area contributed by atoms with Gasteiger partial charge in [0.25, 0.3) is 0 Å². The van der Waals surface area contributed by atoms with Gasteiger partial charge in [0.2, 0.25) is 0 Å². The van der Waals surface area contributed by atoms with Gasteiger partial charge in [0.15, 0.2) is 0 Å². The van der Waals surface area contributed by atoms with Crippen LogP contribution >= 0.6 is 0 Å². The Morgan fingerprint density at radius 2 is 1.37 bits per heavy atom. The van der Waals surface area contributed by atoms with Gasteiger partial charge >= 0.3 is 0 Å². The third-order valence-electron chi connectivity index (χ3n) is 6.23. The van der Waals surface area contributed by atoms with E-state index in [-0.39, 0.29) is 5.92 Å². The second-order valence-electron chi connectivity index (χ2n) is 8.15. The molecule has 0 spiro atoms. The number of hydrogen-bond donors (Lipinski definition) is 1. The Bertz CT molecular complexity index is 879. The quantitative estimate of drug-likeness (QED) is 0.598. The fourth-order valence-electron chi connectivity index (χ4n) is 4.49. The third-order valence-corrected chi connectivity index (χ3v) is 6.23. The van der Waals surface area contributed by atoms with Crippen molar-refractivity contribution in [2.24, 2.45) is 0 Å². The van der Waals surface area contributed by atoms with Crippen LogP contribution in [0.2, 0.25) is 0 Å². The zero-order chi connectivity index (χ0) is 20.7. The Hall–Kier alpha value is -2.46. The first-order valence-electron chi connectivity index (χ1n) is 10.9. The summed E-state index contributed by atoms with van der Waals surface area (Å²) in [6.07, 6.45) is 1.50. The lowest BCUT2D eigenvalue weighted by Crippen LogP contribution is -2.45. The van der Waals surface area contributed by atoms with Crippen molar-refractivity contribution in [1.29, 1.82) is 0 Å². The van der Waals surface area contributed by atoms with Crippen molar-refractivity contribution in [2.45, 2.75) is 24.4 Å². The Labute approximate surface area is 179 Å². The first-order chi connectivity index (χ1) is 14.8. The first-order valence-corrected chi connectivity index (χ1v) is 10.9. The van der Waals surface area contributed by atoms with E-state index in [9.17, 15) is 5.11 Å². The van der Waals surface area contributed by atoms with Gasteiger partial charge in [-0.2, -0.15) is 0 Å². The highest BCUT2D eigenvalue weighted by Gasteiger charge is 2.40. The average molecular weight is 402 g/mol. The molecule has 1 aliphatic heterocycles. The minimum absolute atomic E-state index is 0.0251. The van der Waals surface area contributed by atoms with Crippen LogP contribution < -0.4 is 0 Å². The lowest BCUT2D eigenvalue weighted by Gasteiger charge is -2.41. The molecule has 3 aromatic carbocycles. The van der Waals surface area contributed by atoms with E-state index in [0.717, 1.165) is 44.8 Å². The fraction of sp³-hybridized carbons (Fsp3) is 0.333. The van der Waals surface area contributed by atoms with E-state index in [1.807, 2.05) is 30.3 Å². The summed E-state index contributed by atoms with van der Waals surface area (Å²) in [5, 5.41) is 12.3. The summed E-state index contributed by atoms with van der Waals surface area (Å²) in [7, 11) is 0. The minimum atomic E-state index is -0.962. The predicted octanol–water partition coefficient (Wildman–Crippen LogP) is 4.62. The zero-order valence-corrected chi connectivity index (χ0v) is 17.5. The molecule has 30 heavy (non-hydrogen) atoms. The largest absolute Gasteiger partial charge is 0.384 e. The summed E-state index contributed by atoms with van der Waals surface area (Å²) in [4.78, 5) is 2.43. The highest BCUT2D eigenvalue weighted by molar-refractivity contribution is 5.32. The number of hydrogen-bond acceptors (Lipinski definition) is 3. The molecule has 2 unspecified atom stereocenters. The van der Waals surface area contributed by atoms with Crippen molar-refractivity contribution in [2.75, 3.05) is 32.8 Å². The van der Waals surface area contributed by atoms with E-state index in [1.54, 1.807) is 0 Å². The lowest BCUT2D eigenvalue weighted by atomic mass is 9.73. The summed E-state index contributed by atoms with van der Waals surface area (Å²) < 4.78 is 5.56. The summed E-state index contributed by atoms with van der Waals surface area (Å²) >= 11 is 0. The van der Waals surface area contributed by atoms with E-state index in [4.69, 9.17) is 4.74 Å². The molecule has 2 atom stereocenters. The monoisotopic (exact) mass is 401 g/mol. The van der Waals surface area contributed by atoms with Gasteiger partial charge in [0.1, 0.15) is 0 Å². The van der Waals surface area contributed by atoms with Crippen LogP contribution in [0.4, 0.5) is 0 Å². The normalized spacial score (nSPS) is 17.9. The Morgan fingerprint density at radius 1 is 0.800 bits per heavy atom. The van der Waals surface area contributed by atoms with Crippen molar-refractivity contribution >= 4 is 0 Å². The lowest BCUT2D eigenvalue weighted by molar-refractivity contribution is -0.0279. The van der Waals surface area contributed by atoms with Crippen LogP contribution in [0.15, 0.2) is 91.0 Å². The Kier molecular flexibility index (Phi) is 6.96. The molecular formula is C27H31NO2. The number of aryl methyl sites for hydroxylation is 1. The summed E-state index contributed by atoms with van der Waals surface area (Å²) in [6, 6.07) is 31.2. The first kappa shape index (κ1) is 20.8. The fourth-order valence-corrected chi connectivity index (χ4v) is 4.49. The standard InChI is InChI=1S/C27H31NO2/c29-27(25-14-8-3-9-15-25,17-16-23-10-4-1-5-11-23)26(24-12-6-2-7-13-24)22-28-18-20-30-21-19-28/h1-15,26,29H,16-22H2. The van der Waals surface area contributed by atoms with Gasteiger partial charge in [-0.25, -0.2) is 0 Å². The van der Waals surface area contributed by atoms with E-state index in [1.165, 1.54) is 11.1 Å².